The molecule has 1 aromatic heterocycles. The fraction of sp³-hybridized carbons (Fsp3) is 0.278. The summed E-state index contributed by atoms with van der Waals surface area (Å²) in [6.07, 6.45) is 0. The van der Waals surface area contributed by atoms with E-state index in [1.807, 2.05) is 6.07 Å². The van der Waals surface area contributed by atoms with E-state index in [4.69, 9.17) is 9.47 Å². The molecule has 1 heterocycles. The summed E-state index contributed by atoms with van der Waals surface area (Å²) in [6.45, 7) is 4.72. The highest BCUT2D eigenvalue weighted by Crippen LogP contribution is 2.34. The zero-order valence-electron chi connectivity index (χ0n) is 14.6. The summed E-state index contributed by atoms with van der Waals surface area (Å²) in [5, 5.41) is 2.93. The number of rotatable bonds is 7. The van der Waals surface area contributed by atoms with E-state index in [9.17, 15) is 14.4 Å². The molecular weight excluding hydrogens is 422 g/mol. The van der Waals surface area contributed by atoms with E-state index in [-0.39, 0.29) is 29.6 Å². The molecular formula is C18H18BrNO5S. The van der Waals surface area contributed by atoms with E-state index in [0.29, 0.717) is 16.2 Å². The molecule has 2 aromatic rings. The number of nitrogens with one attached hydrogen (secondary N) is 1. The molecule has 0 aliphatic rings. The van der Waals surface area contributed by atoms with Crippen LogP contribution in [0.5, 0.6) is 5.75 Å². The van der Waals surface area contributed by atoms with E-state index in [1.54, 1.807) is 32.0 Å². The number of ether oxygens (including phenoxy) is 2. The monoisotopic (exact) mass is 439 g/mol. The normalized spacial score (nSPS) is 10.3. The van der Waals surface area contributed by atoms with Crippen molar-refractivity contribution < 1.29 is 23.9 Å². The van der Waals surface area contributed by atoms with E-state index < -0.39 is 11.9 Å². The second kappa shape index (κ2) is 8.95. The number of carbonyl (C=O) groups is 3. The Morgan fingerprint density at radius 1 is 1.23 bits per heavy atom. The molecule has 6 nitrogen and oxygen atoms in total. The summed E-state index contributed by atoms with van der Waals surface area (Å²) in [4.78, 5) is 36.6. The Bertz CT molecular complexity index is 846. The molecule has 2 rings (SSSR count). The fourth-order valence-electron chi connectivity index (χ4n) is 2.25. The van der Waals surface area contributed by atoms with Gasteiger partial charge in [0.1, 0.15) is 10.8 Å². The maximum atomic E-state index is 12.2. The number of ketones is 1. The first-order chi connectivity index (χ1) is 12.3. The number of halogens is 1. The Morgan fingerprint density at radius 2 is 1.92 bits per heavy atom. The summed E-state index contributed by atoms with van der Waals surface area (Å²) in [5.41, 5.74) is 0.708. The summed E-state index contributed by atoms with van der Waals surface area (Å²) in [5.74, 6) is -0.665. The van der Waals surface area contributed by atoms with E-state index >= 15 is 0 Å². The number of hydrogen-bond acceptors (Lipinski definition) is 6. The number of benzene rings is 1. The Kier molecular flexibility index (Phi) is 6.93. The highest BCUT2D eigenvalue weighted by atomic mass is 79.9. The minimum Gasteiger partial charge on any atom is -0.483 e. The van der Waals surface area contributed by atoms with E-state index in [2.05, 4.69) is 21.2 Å². The number of anilines is 1. The van der Waals surface area contributed by atoms with Gasteiger partial charge in [0.05, 0.1) is 21.5 Å². The van der Waals surface area contributed by atoms with Crippen molar-refractivity contribution in [3.63, 3.8) is 0 Å². The first-order valence-corrected chi connectivity index (χ1v) is 9.44. The summed E-state index contributed by atoms with van der Waals surface area (Å²) in [6, 6.07) is 7.15. The Morgan fingerprint density at radius 3 is 2.54 bits per heavy atom. The molecule has 8 heteroatoms. The van der Waals surface area contributed by atoms with Crippen LogP contribution in [-0.4, -0.2) is 30.9 Å². The molecule has 0 spiro atoms. The van der Waals surface area contributed by atoms with Crippen molar-refractivity contribution in [2.45, 2.75) is 20.8 Å². The van der Waals surface area contributed by atoms with Gasteiger partial charge in [0, 0.05) is 0 Å². The maximum Gasteiger partial charge on any atom is 0.341 e. The molecule has 0 aliphatic carbocycles. The third-order valence-electron chi connectivity index (χ3n) is 3.39. The van der Waals surface area contributed by atoms with Crippen molar-refractivity contribution in [2.24, 2.45) is 0 Å². The topological polar surface area (TPSA) is 81.7 Å². The first kappa shape index (κ1) is 20.1. The molecule has 0 fully saturated rings. The average Bonchev–Trinajstić information content (AvgIpc) is 2.90. The summed E-state index contributed by atoms with van der Waals surface area (Å²) in [7, 11) is 0. The Labute approximate surface area is 163 Å². The molecule has 1 N–H and O–H groups in total. The van der Waals surface area contributed by atoms with Crippen LogP contribution in [-0.2, 0) is 9.53 Å². The second-order valence-corrected chi connectivity index (χ2v) is 7.18. The van der Waals surface area contributed by atoms with E-state index in [0.717, 1.165) is 15.8 Å². The molecule has 1 amide bonds. The van der Waals surface area contributed by atoms with Crippen molar-refractivity contribution in [3.05, 3.63) is 44.7 Å². The van der Waals surface area contributed by atoms with Crippen molar-refractivity contribution in [1.29, 1.82) is 0 Å². The van der Waals surface area contributed by atoms with Crippen LogP contribution in [0.2, 0.25) is 0 Å². The lowest BCUT2D eigenvalue weighted by Crippen LogP contribution is -2.21. The highest BCUT2D eigenvalue weighted by Gasteiger charge is 2.25. The van der Waals surface area contributed by atoms with Gasteiger partial charge in [0.2, 0.25) is 0 Å². The van der Waals surface area contributed by atoms with Gasteiger partial charge in [-0.15, -0.1) is 11.3 Å². The number of esters is 1. The van der Waals surface area contributed by atoms with Gasteiger partial charge >= 0.3 is 5.97 Å². The number of amides is 1. The van der Waals surface area contributed by atoms with Gasteiger partial charge in [0.15, 0.2) is 12.4 Å². The molecule has 0 bridgehead atoms. The Balaban J connectivity index is 2.18. The predicted octanol–water partition coefficient (Wildman–Crippen LogP) is 4.22. The lowest BCUT2D eigenvalue weighted by molar-refractivity contribution is -0.118. The average molecular weight is 440 g/mol. The summed E-state index contributed by atoms with van der Waals surface area (Å²) >= 11 is 4.39. The van der Waals surface area contributed by atoms with Crippen LogP contribution < -0.4 is 10.1 Å². The number of thiophene rings is 1. The van der Waals surface area contributed by atoms with Crippen LogP contribution in [0.3, 0.4) is 0 Å². The molecule has 1 aromatic carbocycles. The quantitative estimate of drug-likeness (QED) is 0.515. The number of Topliss-reactive ketones (excluding diaryl/α,β-unsaturated/α-hetero) is 1. The van der Waals surface area contributed by atoms with Crippen LogP contribution in [0.1, 0.15) is 39.4 Å². The zero-order chi connectivity index (χ0) is 19.3. The van der Waals surface area contributed by atoms with Crippen LogP contribution in [0, 0.1) is 6.92 Å². The molecule has 138 valence electrons. The smallest absolute Gasteiger partial charge is 0.341 e. The molecule has 0 atom stereocenters. The molecule has 0 radical (unpaired) electrons. The third-order valence-corrected chi connectivity index (χ3v) is 5.36. The van der Waals surface area contributed by atoms with Gasteiger partial charge in [-0.05, 0) is 54.4 Å². The second-order valence-electron chi connectivity index (χ2n) is 5.30. The minimum atomic E-state index is -0.573. The van der Waals surface area contributed by atoms with Gasteiger partial charge in [-0.2, -0.15) is 0 Å². The van der Waals surface area contributed by atoms with Gasteiger partial charge in [-0.1, -0.05) is 12.1 Å². The summed E-state index contributed by atoms with van der Waals surface area (Å²) < 4.78 is 11.2. The lowest BCUT2D eigenvalue weighted by Gasteiger charge is -2.09. The third kappa shape index (κ3) is 4.70. The molecule has 0 saturated heterocycles. The SMILES string of the molecule is CCOC(=O)c1c(NC(=O)COc2ccccc2Br)sc(C(C)=O)c1C. The van der Waals surface area contributed by atoms with Crippen LogP contribution in [0.15, 0.2) is 28.7 Å². The van der Waals surface area contributed by atoms with Crippen molar-refractivity contribution in [3.8, 4) is 5.75 Å². The van der Waals surface area contributed by atoms with Crippen molar-refractivity contribution in [2.75, 3.05) is 18.5 Å². The number of hydrogen-bond donors (Lipinski definition) is 1. The van der Waals surface area contributed by atoms with Gasteiger partial charge < -0.3 is 14.8 Å². The number of para-hydroxylation sites is 1. The van der Waals surface area contributed by atoms with Gasteiger partial charge in [-0.25, -0.2) is 4.79 Å². The largest absolute Gasteiger partial charge is 0.483 e. The standard InChI is InChI=1S/C18H18BrNO5S/c1-4-24-18(23)15-10(2)16(11(3)21)26-17(15)20-14(22)9-25-13-8-6-5-7-12(13)19/h5-8H,4,9H2,1-3H3,(H,20,22). The molecule has 0 aliphatic heterocycles. The molecule has 0 unspecified atom stereocenters. The zero-order valence-corrected chi connectivity index (χ0v) is 17.0. The van der Waals surface area contributed by atoms with Crippen LogP contribution >= 0.6 is 27.3 Å². The first-order valence-electron chi connectivity index (χ1n) is 7.83. The predicted molar refractivity (Wildman–Crippen MR) is 103 cm³/mol. The number of carbonyl (C=O) groups excluding carboxylic acids is 3. The molecule has 0 saturated carbocycles. The van der Waals surface area contributed by atoms with Crippen molar-refractivity contribution in [1.82, 2.24) is 0 Å². The molecule has 26 heavy (non-hydrogen) atoms. The lowest BCUT2D eigenvalue weighted by atomic mass is 10.1. The highest BCUT2D eigenvalue weighted by molar-refractivity contribution is 9.10. The minimum absolute atomic E-state index is 0.178. The van der Waals surface area contributed by atoms with Gasteiger partial charge in [0.25, 0.3) is 5.91 Å². The fourth-order valence-corrected chi connectivity index (χ4v) is 3.76. The van der Waals surface area contributed by atoms with Crippen LogP contribution in [0.25, 0.3) is 0 Å². The van der Waals surface area contributed by atoms with Crippen molar-refractivity contribution >= 4 is 49.9 Å². The maximum absolute atomic E-state index is 12.2. The van der Waals surface area contributed by atoms with Gasteiger partial charge in [-0.3, -0.25) is 9.59 Å². The Hall–Kier alpha value is -2.19. The van der Waals surface area contributed by atoms with E-state index in [1.165, 1.54) is 6.92 Å². The van der Waals surface area contributed by atoms with Crippen LogP contribution in [0.4, 0.5) is 5.00 Å².